The number of anilines is 2. The normalized spacial score (nSPS) is 16.9. The first kappa shape index (κ1) is 16.0. The highest BCUT2D eigenvalue weighted by Gasteiger charge is 2.24. The fourth-order valence-corrected chi connectivity index (χ4v) is 3.69. The zero-order chi connectivity index (χ0) is 17.6. The second kappa shape index (κ2) is 6.11. The second-order valence-corrected chi connectivity index (χ2v) is 6.56. The molecule has 6 heteroatoms. The minimum absolute atomic E-state index is 0.473. The highest BCUT2D eigenvalue weighted by Crippen LogP contribution is 2.32. The van der Waals surface area contributed by atoms with Crippen LogP contribution in [-0.4, -0.2) is 22.6 Å². The van der Waals surface area contributed by atoms with Gasteiger partial charge < -0.3 is 15.2 Å². The van der Waals surface area contributed by atoms with E-state index in [1.165, 1.54) is 17.3 Å². The average molecular weight is 342 g/mol. The number of benzene rings is 1. The van der Waals surface area contributed by atoms with Gasteiger partial charge in [-0.1, -0.05) is 0 Å². The number of aryl methyl sites for hydroxylation is 1. The molecule has 0 saturated carbocycles. The third-order valence-corrected chi connectivity index (χ3v) is 5.06. The Morgan fingerprint density at radius 1 is 1.16 bits per heavy atom. The number of halogens is 2. The molecule has 4 nitrogen and oxygen atoms in total. The van der Waals surface area contributed by atoms with Gasteiger partial charge >= 0.3 is 0 Å². The van der Waals surface area contributed by atoms with Crippen LogP contribution in [0.4, 0.5) is 20.2 Å². The Bertz CT molecular complexity index is 948. The molecule has 1 aliphatic carbocycles. The van der Waals surface area contributed by atoms with E-state index in [1.807, 2.05) is 13.1 Å². The molecule has 0 radical (unpaired) electrons. The van der Waals surface area contributed by atoms with E-state index < -0.39 is 11.6 Å². The maximum atomic E-state index is 13.4. The second-order valence-electron chi connectivity index (χ2n) is 6.56. The number of likely N-dealkylation sites (N-methyl/N-ethyl adjacent to an activating group) is 1. The molecule has 1 atom stereocenters. The van der Waals surface area contributed by atoms with Gasteiger partial charge in [0.25, 0.3) is 0 Å². The number of fused-ring (bicyclic) bond motifs is 3. The van der Waals surface area contributed by atoms with Gasteiger partial charge in [-0.25, -0.2) is 13.8 Å². The lowest BCUT2D eigenvalue weighted by Gasteiger charge is -2.22. The Hall–Kier alpha value is -2.47. The van der Waals surface area contributed by atoms with Crippen molar-refractivity contribution in [2.45, 2.75) is 25.3 Å². The van der Waals surface area contributed by atoms with Crippen molar-refractivity contribution < 1.29 is 8.78 Å². The summed E-state index contributed by atoms with van der Waals surface area (Å²) in [5.41, 5.74) is 4.87. The van der Waals surface area contributed by atoms with Crippen molar-refractivity contribution in [3.63, 3.8) is 0 Å². The Morgan fingerprint density at radius 2 is 2.00 bits per heavy atom. The fraction of sp³-hybridized carbons (Fsp3) is 0.316. The number of nitrogens with zero attached hydrogens (tertiary/aromatic N) is 2. The third-order valence-electron chi connectivity index (χ3n) is 5.06. The standard InChI is InChI=1S/C19H20F2N4/c1-22-11-4-6-18-14(7-11)15-8-13(10-23-19(15)25(18)2)24-12-3-5-16(20)17(21)9-12/h3,5,8-11,22,24H,4,6-7H2,1-2H3. The van der Waals surface area contributed by atoms with Gasteiger partial charge in [-0.05, 0) is 50.1 Å². The van der Waals surface area contributed by atoms with Crippen LogP contribution in [0.2, 0.25) is 0 Å². The topological polar surface area (TPSA) is 41.9 Å². The van der Waals surface area contributed by atoms with Gasteiger partial charge in [-0.15, -0.1) is 0 Å². The molecule has 130 valence electrons. The largest absolute Gasteiger partial charge is 0.354 e. The van der Waals surface area contributed by atoms with Crippen molar-refractivity contribution in [3.05, 3.63) is 53.4 Å². The lowest BCUT2D eigenvalue weighted by atomic mass is 9.92. The maximum Gasteiger partial charge on any atom is 0.160 e. The SMILES string of the molecule is CNC1CCc2c(c3cc(Nc4ccc(F)c(F)c4)cnc3n2C)C1. The fourth-order valence-electron chi connectivity index (χ4n) is 3.69. The maximum absolute atomic E-state index is 13.4. The molecule has 0 amide bonds. The predicted molar refractivity (Wildman–Crippen MR) is 95.2 cm³/mol. The predicted octanol–water partition coefficient (Wildman–Crippen LogP) is 3.67. The van der Waals surface area contributed by atoms with Gasteiger partial charge in [-0.2, -0.15) is 0 Å². The molecule has 1 aliphatic rings. The molecule has 0 fully saturated rings. The lowest BCUT2D eigenvalue weighted by molar-refractivity contribution is 0.488. The molecule has 2 heterocycles. The summed E-state index contributed by atoms with van der Waals surface area (Å²) in [6.45, 7) is 0. The molecule has 0 bridgehead atoms. The highest BCUT2D eigenvalue weighted by molar-refractivity contribution is 5.86. The van der Waals surface area contributed by atoms with E-state index >= 15 is 0 Å². The van der Waals surface area contributed by atoms with Gasteiger partial charge in [0.2, 0.25) is 0 Å². The van der Waals surface area contributed by atoms with Gasteiger partial charge in [0.15, 0.2) is 11.6 Å². The summed E-state index contributed by atoms with van der Waals surface area (Å²) in [7, 11) is 4.05. The number of hydrogen-bond donors (Lipinski definition) is 2. The first-order chi connectivity index (χ1) is 12.1. The smallest absolute Gasteiger partial charge is 0.160 e. The van der Waals surface area contributed by atoms with E-state index in [2.05, 4.69) is 27.2 Å². The molecule has 0 saturated heterocycles. The molecule has 4 rings (SSSR count). The summed E-state index contributed by atoms with van der Waals surface area (Å²) in [5.74, 6) is -1.72. The van der Waals surface area contributed by atoms with Crippen LogP contribution in [-0.2, 0) is 19.9 Å². The molecular weight excluding hydrogens is 322 g/mol. The monoisotopic (exact) mass is 342 g/mol. The molecule has 2 aromatic heterocycles. The van der Waals surface area contributed by atoms with E-state index in [9.17, 15) is 8.78 Å². The van der Waals surface area contributed by atoms with Crippen LogP contribution in [0, 0.1) is 11.6 Å². The van der Waals surface area contributed by atoms with Gasteiger partial charge in [0.1, 0.15) is 5.65 Å². The van der Waals surface area contributed by atoms with Crippen molar-refractivity contribution in [1.29, 1.82) is 0 Å². The summed E-state index contributed by atoms with van der Waals surface area (Å²) in [5, 5.41) is 7.59. The molecule has 1 unspecified atom stereocenters. The number of hydrogen-bond acceptors (Lipinski definition) is 3. The van der Waals surface area contributed by atoms with Crippen LogP contribution in [0.25, 0.3) is 11.0 Å². The molecular formula is C19H20F2N4. The Labute approximate surface area is 144 Å². The number of rotatable bonds is 3. The van der Waals surface area contributed by atoms with Crippen LogP contribution in [0.1, 0.15) is 17.7 Å². The van der Waals surface area contributed by atoms with Crippen molar-refractivity contribution in [2.75, 3.05) is 12.4 Å². The number of nitrogens with one attached hydrogen (secondary N) is 2. The number of pyridine rings is 1. The molecule has 1 aromatic carbocycles. The van der Waals surface area contributed by atoms with Crippen molar-refractivity contribution in [1.82, 2.24) is 14.9 Å². The average Bonchev–Trinajstić information content (AvgIpc) is 2.90. The van der Waals surface area contributed by atoms with Gasteiger partial charge in [0.05, 0.1) is 11.9 Å². The molecule has 25 heavy (non-hydrogen) atoms. The van der Waals surface area contributed by atoms with E-state index in [0.717, 1.165) is 48.1 Å². The Balaban J connectivity index is 1.73. The quantitative estimate of drug-likeness (QED) is 0.763. The van der Waals surface area contributed by atoms with E-state index in [4.69, 9.17) is 0 Å². The summed E-state index contributed by atoms with van der Waals surface area (Å²) in [6, 6.07) is 6.30. The molecule has 0 aliphatic heterocycles. The summed E-state index contributed by atoms with van der Waals surface area (Å²) < 4.78 is 28.7. The first-order valence-electron chi connectivity index (χ1n) is 8.42. The summed E-state index contributed by atoms with van der Waals surface area (Å²) >= 11 is 0. The Kier molecular flexibility index (Phi) is 3.92. The van der Waals surface area contributed by atoms with Crippen LogP contribution >= 0.6 is 0 Å². The molecule has 2 N–H and O–H groups in total. The van der Waals surface area contributed by atoms with Crippen molar-refractivity contribution in [3.8, 4) is 0 Å². The lowest BCUT2D eigenvalue weighted by Crippen LogP contribution is -2.31. The van der Waals surface area contributed by atoms with Crippen LogP contribution in [0.15, 0.2) is 30.5 Å². The first-order valence-corrected chi connectivity index (χ1v) is 8.42. The Morgan fingerprint density at radius 3 is 2.76 bits per heavy atom. The molecule has 3 aromatic rings. The minimum Gasteiger partial charge on any atom is -0.354 e. The minimum atomic E-state index is -0.868. The van der Waals surface area contributed by atoms with Gasteiger partial charge in [0, 0.05) is 35.9 Å². The van der Waals surface area contributed by atoms with Crippen LogP contribution in [0.3, 0.4) is 0 Å². The molecule has 0 spiro atoms. The summed E-state index contributed by atoms with van der Waals surface area (Å²) in [6.07, 6.45) is 4.84. The third kappa shape index (κ3) is 2.76. The zero-order valence-electron chi connectivity index (χ0n) is 14.2. The van der Waals surface area contributed by atoms with Crippen LogP contribution < -0.4 is 10.6 Å². The highest BCUT2D eigenvalue weighted by atomic mass is 19.2. The van der Waals surface area contributed by atoms with Crippen molar-refractivity contribution in [2.24, 2.45) is 7.05 Å². The van der Waals surface area contributed by atoms with Gasteiger partial charge in [-0.3, -0.25) is 0 Å². The van der Waals surface area contributed by atoms with E-state index in [1.54, 1.807) is 6.20 Å². The van der Waals surface area contributed by atoms with Crippen molar-refractivity contribution >= 4 is 22.4 Å². The van der Waals surface area contributed by atoms with E-state index in [0.29, 0.717) is 11.7 Å². The zero-order valence-corrected chi connectivity index (χ0v) is 14.2. The van der Waals surface area contributed by atoms with Crippen LogP contribution in [0.5, 0.6) is 0 Å². The summed E-state index contributed by atoms with van der Waals surface area (Å²) in [4.78, 5) is 4.58. The van der Waals surface area contributed by atoms with E-state index in [-0.39, 0.29) is 0 Å². The number of aromatic nitrogens is 2.